The van der Waals surface area contributed by atoms with Gasteiger partial charge in [-0.2, -0.15) is 0 Å². The van der Waals surface area contributed by atoms with E-state index in [2.05, 4.69) is 20.2 Å². The van der Waals surface area contributed by atoms with Crippen LogP contribution in [0.25, 0.3) is 0 Å². The van der Waals surface area contributed by atoms with Crippen molar-refractivity contribution in [2.24, 2.45) is 5.92 Å². The third kappa shape index (κ3) is 5.89. The summed E-state index contributed by atoms with van der Waals surface area (Å²) in [5, 5.41) is 23.9. The van der Waals surface area contributed by atoms with Crippen molar-refractivity contribution in [2.45, 2.75) is 13.8 Å². The second-order valence-electron chi connectivity index (χ2n) is 7.90. The Hall–Kier alpha value is -3.31. The van der Waals surface area contributed by atoms with Crippen molar-refractivity contribution in [3.8, 4) is 0 Å². The minimum Gasteiger partial charge on any atom is -0.462 e. The second kappa shape index (κ2) is 10.8. The first-order valence-electron chi connectivity index (χ1n) is 10.5. The number of carbonyl (C=O) groups excluding carboxylic acids is 1. The summed E-state index contributed by atoms with van der Waals surface area (Å²) in [4.78, 5) is 35.6. The van der Waals surface area contributed by atoms with Crippen molar-refractivity contribution in [3.63, 3.8) is 0 Å². The Morgan fingerprint density at radius 3 is 2.50 bits per heavy atom. The number of ether oxygens (including phenoxy) is 1. The van der Waals surface area contributed by atoms with Crippen LogP contribution in [0.1, 0.15) is 24.2 Å². The number of aromatic nitrogens is 2. The molecule has 0 radical (unpaired) electrons. The summed E-state index contributed by atoms with van der Waals surface area (Å²) >= 11 is 0. The molecule has 172 valence electrons. The van der Waals surface area contributed by atoms with Crippen molar-refractivity contribution >= 4 is 29.0 Å². The molecule has 1 fully saturated rings. The van der Waals surface area contributed by atoms with E-state index in [0.29, 0.717) is 50.6 Å². The number of anilines is 3. The summed E-state index contributed by atoms with van der Waals surface area (Å²) < 4.78 is 5.21. The fourth-order valence-electron chi connectivity index (χ4n) is 3.34. The van der Waals surface area contributed by atoms with Gasteiger partial charge in [-0.3, -0.25) is 15.0 Å². The number of hydrogen-bond acceptors (Lipinski definition) is 10. The number of nitro groups is 1. The Morgan fingerprint density at radius 1 is 1.22 bits per heavy atom. The summed E-state index contributed by atoms with van der Waals surface area (Å²) in [5.74, 6) is 0.156. The smallest absolute Gasteiger partial charge is 0.353 e. The molecule has 11 nitrogen and oxygen atoms in total. The molecule has 0 spiro atoms. The Kier molecular flexibility index (Phi) is 7.90. The number of esters is 1. The number of carbonyl (C=O) groups is 1. The van der Waals surface area contributed by atoms with E-state index < -0.39 is 10.9 Å². The van der Waals surface area contributed by atoms with Crippen LogP contribution in [0, 0.1) is 16.0 Å². The number of rotatable bonds is 9. The maximum Gasteiger partial charge on any atom is 0.353 e. The summed E-state index contributed by atoms with van der Waals surface area (Å²) in [5.41, 5.74) is 0.740. The molecule has 0 atom stereocenters. The van der Waals surface area contributed by atoms with E-state index in [1.165, 1.54) is 6.33 Å². The molecule has 1 aliphatic heterocycles. The monoisotopic (exact) mass is 444 g/mol. The number of nitrogens with zero attached hydrogens (tertiary/aromatic N) is 5. The van der Waals surface area contributed by atoms with Gasteiger partial charge in [0.25, 0.3) is 0 Å². The van der Waals surface area contributed by atoms with Crippen LogP contribution in [0.4, 0.5) is 23.0 Å². The van der Waals surface area contributed by atoms with Crippen LogP contribution in [0.15, 0.2) is 30.6 Å². The highest BCUT2D eigenvalue weighted by Gasteiger charge is 2.29. The molecule has 3 rings (SSSR count). The lowest BCUT2D eigenvalue weighted by Gasteiger charge is -2.34. The topological polar surface area (TPSA) is 134 Å². The summed E-state index contributed by atoms with van der Waals surface area (Å²) in [6, 6.07) is 6.48. The van der Waals surface area contributed by atoms with Gasteiger partial charge in [0.1, 0.15) is 6.33 Å². The number of hydrogen-bond donors (Lipinski definition) is 2. The fraction of sp³-hybridized carbons (Fsp3) is 0.476. The number of aliphatic hydroxyl groups is 1. The van der Waals surface area contributed by atoms with Gasteiger partial charge < -0.3 is 20.1 Å². The molecular formula is C21H28N6O5. The lowest BCUT2D eigenvalue weighted by molar-refractivity contribution is -0.383. The number of nitrogens with one attached hydrogen (secondary N) is 1. The number of piperazine rings is 1. The molecule has 0 saturated carbocycles. The standard InChI is InChI=1S/C21H28N6O5/c1-15(2)13-32-21(29)16-3-5-17(6-4-16)24-19-18(27(30)31)20(23-14-22-19)26-9-7-25(8-10-26)11-12-28/h3-6,14-15,28H,7-13H2,1-2H3,(H,22,23,24). The average molecular weight is 444 g/mol. The predicted octanol–water partition coefficient (Wildman–Crippen LogP) is 2.06. The van der Waals surface area contributed by atoms with Crippen LogP contribution >= 0.6 is 0 Å². The van der Waals surface area contributed by atoms with Gasteiger partial charge in [0, 0.05) is 38.4 Å². The van der Waals surface area contributed by atoms with Gasteiger partial charge in [0.05, 0.1) is 23.7 Å². The Bertz CT molecular complexity index is 929. The van der Waals surface area contributed by atoms with Crippen LogP contribution in [0.2, 0.25) is 0 Å². The van der Waals surface area contributed by atoms with E-state index in [0.717, 1.165) is 0 Å². The molecule has 1 saturated heterocycles. The molecule has 0 bridgehead atoms. The number of benzene rings is 1. The molecule has 2 N–H and O–H groups in total. The molecule has 32 heavy (non-hydrogen) atoms. The molecule has 2 aromatic rings. The molecule has 1 aromatic heterocycles. The van der Waals surface area contributed by atoms with Gasteiger partial charge in [-0.05, 0) is 30.2 Å². The largest absolute Gasteiger partial charge is 0.462 e. The lowest BCUT2D eigenvalue weighted by Crippen LogP contribution is -2.47. The number of aliphatic hydroxyl groups excluding tert-OH is 1. The second-order valence-corrected chi connectivity index (χ2v) is 7.90. The maximum atomic E-state index is 12.1. The van der Waals surface area contributed by atoms with E-state index >= 15 is 0 Å². The Balaban J connectivity index is 1.75. The summed E-state index contributed by atoms with van der Waals surface area (Å²) in [6.07, 6.45) is 1.29. The first-order chi connectivity index (χ1) is 15.4. The molecule has 2 heterocycles. The molecule has 0 aliphatic carbocycles. The number of β-amino-alcohol motifs (C(OH)–C–C–N with tert-alkyl or cyclic N) is 1. The zero-order valence-electron chi connectivity index (χ0n) is 18.2. The molecule has 0 amide bonds. The predicted molar refractivity (Wildman–Crippen MR) is 119 cm³/mol. The SMILES string of the molecule is CC(C)COC(=O)c1ccc(Nc2ncnc(N3CCN(CCO)CC3)c2[N+](=O)[O-])cc1. The van der Waals surface area contributed by atoms with Crippen molar-refractivity contribution in [2.75, 3.05) is 56.2 Å². The van der Waals surface area contributed by atoms with Gasteiger partial charge in [-0.1, -0.05) is 13.8 Å². The highest BCUT2D eigenvalue weighted by atomic mass is 16.6. The Morgan fingerprint density at radius 2 is 1.91 bits per heavy atom. The third-order valence-electron chi connectivity index (χ3n) is 5.00. The minimum absolute atomic E-state index is 0.0768. The van der Waals surface area contributed by atoms with Crippen molar-refractivity contribution in [1.82, 2.24) is 14.9 Å². The minimum atomic E-state index is -0.491. The highest BCUT2D eigenvalue weighted by Crippen LogP contribution is 2.34. The van der Waals surface area contributed by atoms with Crippen LogP contribution in [0.5, 0.6) is 0 Å². The van der Waals surface area contributed by atoms with Crippen LogP contribution < -0.4 is 10.2 Å². The normalized spacial score (nSPS) is 14.4. The van der Waals surface area contributed by atoms with Crippen molar-refractivity contribution in [3.05, 3.63) is 46.3 Å². The van der Waals surface area contributed by atoms with E-state index in [4.69, 9.17) is 9.84 Å². The van der Waals surface area contributed by atoms with Crippen molar-refractivity contribution < 1.29 is 19.6 Å². The average Bonchev–Trinajstić information content (AvgIpc) is 2.78. The van der Waals surface area contributed by atoms with E-state index in [1.54, 1.807) is 24.3 Å². The van der Waals surface area contributed by atoms with Gasteiger partial charge in [0.2, 0.25) is 11.6 Å². The first-order valence-corrected chi connectivity index (χ1v) is 10.5. The fourth-order valence-corrected chi connectivity index (χ4v) is 3.34. The lowest BCUT2D eigenvalue weighted by atomic mass is 10.2. The highest BCUT2D eigenvalue weighted by molar-refractivity contribution is 5.90. The maximum absolute atomic E-state index is 12.1. The van der Waals surface area contributed by atoms with Crippen molar-refractivity contribution in [1.29, 1.82) is 0 Å². The van der Waals surface area contributed by atoms with Crippen LogP contribution in [-0.4, -0.2) is 76.8 Å². The van der Waals surface area contributed by atoms with Gasteiger partial charge in [0.15, 0.2) is 0 Å². The van der Waals surface area contributed by atoms with Gasteiger partial charge >= 0.3 is 11.7 Å². The third-order valence-corrected chi connectivity index (χ3v) is 5.00. The van der Waals surface area contributed by atoms with E-state index in [9.17, 15) is 14.9 Å². The van der Waals surface area contributed by atoms with E-state index in [1.807, 2.05) is 18.7 Å². The molecule has 1 aromatic carbocycles. The summed E-state index contributed by atoms with van der Waals surface area (Å²) in [6.45, 7) is 7.38. The van der Waals surface area contributed by atoms with Gasteiger partial charge in [-0.15, -0.1) is 0 Å². The zero-order valence-corrected chi connectivity index (χ0v) is 18.2. The van der Waals surface area contributed by atoms with Crippen LogP contribution in [0.3, 0.4) is 0 Å². The Labute approximate surface area is 186 Å². The first kappa shape index (κ1) is 23.4. The van der Waals surface area contributed by atoms with Crippen LogP contribution in [-0.2, 0) is 4.74 Å². The molecular weight excluding hydrogens is 416 g/mol. The zero-order chi connectivity index (χ0) is 23.1. The quantitative estimate of drug-likeness (QED) is 0.336. The van der Waals surface area contributed by atoms with E-state index in [-0.39, 0.29) is 29.8 Å². The van der Waals surface area contributed by atoms with Gasteiger partial charge in [-0.25, -0.2) is 14.8 Å². The molecule has 1 aliphatic rings. The molecule has 0 unspecified atom stereocenters. The molecule has 11 heteroatoms. The summed E-state index contributed by atoms with van der Waals surface area (Å²) in [7, 11) is 0.